The Kier molecular flexibility index (Phi) is 4.94. The van der Waals surface area contributed by atoms with Crippen LogP contribution < -0.4 is 10.1 Å². The van der Waals surface area contributed by atoms with Crippen LogP contribution >= 0.6 is 0 Å². The van der Waals surface area contributed by atoms with E-state index < -0.39 is 6.10 Å². The van der Waals surface area contributed by atoms with E-state index in [9.17, 15) is 4.79 Å². The predicted molar refractivity (Wildman–Crippen MR) is 73.7 cm³/mol. The molecule has 1 aromatic carbocycles. The zero-order valence-electron chi connectivity index (χ0n) is 11.9. The van der Waals surface area contributed by atoms with Crippen LogP contribution in [0.1, 0.15) is 33.3 Å². The molecule has 0 fully saturated rings. The third-order valence-corrected chi connectivity index (χ3v) is 2.39. The number of rotatable bonds is 4. The summed E-state index contributed by atoms with van der Waals surface area (Å²) in [4.78, 5) is 11.9. The van der Waals surface area contributed by atoms with Gasteiger partial charge in [-0.05, 0) is 45.4 Å². The van der Waals surface area contributed by atoms with Gasteiger partial charge in [0, 0.05) is 5.54 Å². The number of nitrogens with one attached hydrogen (secondary N) is 1. The van der Waals surface area contributed by atoms with E-state index in [1.54, 1.807) is 19.1 Å². The molecule has 1 rings (SSSR count). The molecule has 0 aliphatic rings. The SMILES string of the molecule is CC(Oc1ccc(CC#N)cc1)C(=O)NC(C)(C)C. The topological polar surface area (TPSA) is 62.1 Å². The highest BCUT2D eigenvalue weighted by Gasteiger charge is 2.20. The molecule has 0 radical (unpaired) electrons. The van der Waals surface area contributed by atoms with Gasteiger partial charge in [0.25, 0.3) is 5.91 Å². The lowest BCUT2D eigenvalue weighted by atomic mass is 10.1. The number of carbonyl (C=O) groups excluding carboxylic acids is 1. The first-order chi connectivity index (χ1) is 8.81. The van der Waals surface area contributed by atoms with Gasteiger partial charge in [0.15, 0.2) is 6.10 Å². The Morgan fingerprint density at radius 3 is 2.42 bits per heavy atom. The van der Waals surface area contributed by atoms with E-state index in [2.05, 4.69) is 11.4 Å². The van der Waals surface area contributed by atoms with Gasteiger partial charge in [0.2, 0.25) is 0 Å². The van der Waals surface area contributed by atoms with Crippen molar-refractivity contribution < 1.29 is 9.53 Å². The normalized spacial score (nSPS) is 12.4. The minimum atomic E-state index is -0.555. The zero-order chi connectivity index (χ0) is 14.5. The van der Waals surface area contributed by atoms with Gasteiger partial charge in [-0.3, -0.25) is 4.79 Å². The van der Waals surface area contributed by atoms with Crippen LogP contribution in [-0.4, -0.2) is 17.6 Å². The maximum absolute atomic E-state index is 11.9. The molecule has 1 N–H and O–H groups in total. The minimum absolute atomic E-state index is 0.145. The number of nitriles is 1. The predicted octanol–water partition coefficient (Wildman–Crippen LogP) is 2.43. The molecule has 0 spiro atoms. The average molecular weight is 260 g/mol. The van der Waals surface area contributed by atoms with Crippen molar-refractivity contribution >= 4 is 5.91 Å². The highest BCUT2D eigenvalue weighted by atomic mass is 16.5. The van der Waals surface area contributed by atoms with Crippen molar-refractivity contribution in [1.29, 1.82) is 5.26 Å². The van der Waals surface area contributed by atoms with Gasteiger partial charge >= 0.3 is 0 Å². The number of carbonyl (C=O) groups is 1. The van der Waals surface area contributed by atoms with Crippen LogP contribution in [0.25, 0.3) is 0 Å². The second kappa shape index (κ2) is 6.24. The summed E-state index contributed by atoms with van der Waals surface area (Å²) in [6.07, 6.45) is -0.179. The first-order valence-corrected chi connectivity index (χ1v) is 6.26. The summed E-state index contributed by atoms with van der Waals surface area (Å²) in [6.45, 7) is 7.49. The fourth-order valence-electron chi connectivity index (χ4n) is 1.51. The Balaban J connectivity index is 2.59. The van der Waals surface area contributed by atoms with Crippen molar-refractivity contribution in [2.45, 2.75) is 45.8 Å². The van der Waals surface area contributed by atoms with Crippen molar-refractivity contribution in [2.24, 2.45) is 0 Å². The molecule has 0 saturated carbocycles. The van der Waals surface area contributed by atoms with Gasteiger partial charge in [-0.2, -0.15) is 5.26 Å². The summed E-state index contributed by atoms with van der Waals surface area (Å²) >= 11 is 0. The monoisotopic (exact) mass is 260 g/mol. The largest absolute Gasteiger partial charge is 0.481 e. The number of benzene rings is 1. The summed E-state index contributed by atoms with van der Waals surface area (Å²) in [5, 5.41) is 11.4. The lowest BCUT2D eigenvalue weighted by Gasteiger charge is -2.23. The van der Waals surface area contributed by atoms with E-state index in [1.807, 2.05) is 32.9 Å². The van der Waals surface area contributed by atoms with Gasteiger partial charge in [-0.15, -0.1) is 0 Å². The van der Waals surface area contributed by atoms with Crippen LogP contribution in [0.5, 0.6) is 5.75 Å². The second-order valence-corrected chi connectivity index (χ2v) is 5.48. The third-order valence-electron chi connectivity index (χ3n) is 2.39. The smallest absolute Gasteiger partial charge is 0.261 e. The maximum atomic E-state index is 11.9. The number of ether oxygens (including phenoxy) is 1. The molecule has 0 bridgehead atoms. The summed E-state index contributed by atoms with van der Waals surface area (Å²) < 4.78 is 5.56. The van der Waals surface area contributed by atoms with Gasteiger partial charge in [0.1, 0.15) is 5.75 Å². The Hall–Kier alpha value is -2.02. The van der Waals surface area contributed by atoms with E-state index in [-0.39, 0.29) is 11.4 Å². The molecule has 4 nitrogen and oxygen atoms in total. The highest BCUT2D eigenvalue weighted by molar-refractivity contribution is 5.81. The Bertz CT molecular complexity index is 466. The van der Waals surface area contributed by atoms with Crippen molar-refractivity contribution in [2.75, 3.05) is 0 Å². The van der Waals surface area contributed by atoms with Gasteiger partial charge < -0.3 is 10.1 Å². The summed E-state index contributed by atoms with van der Waals surface area (Å²) in [5.41, 5.74) is 0.660. The molecule has 1 unspecified atom stereocenters. The molecule has 0 saturated heterocycles. The van der Waals surface area contributed by atoms with Gasteiger partial charge in [0.05, 0.1) is 12.5 Å². The van der Waals surface area contributed by atoms with E-state index in [0.29, 0.717) is 12.2 Å². The van der Waals surface area contributed by atoms with Crippen LogP contribution in [0, 0.1) is 11.3 Å². The molecule has 1 amide bonds. The first-order valence-electron chi connectivity index (χ1n) is 6.26. The fraction of sp³-hybridized carbons (Fsp3) is 0.467. The van der Waals surface area contributed by atoms with Crippen molar-refractivity contribution in [1.82, 2.24) is 5.32 Å². The molecule has 19 heavy (non-hydrogen) atoms. The van der Waals surface area contributed by atoms with Gasteiger partial charge in [-0.25, -0.2) is 0 Å². The van der Waals surface area contributed by atoms with E-state index in [0.717, 1.165) is 5.56 Å². The molecule has 102 valence electrons. The molecule has 0 aliphatic carbocycles. The van der Waals surface area contributed by atoms with Crippen LogP contribution in [0.15, 0.2) is 24.3 Å². The standard InChI is InChI=1S/C15H20N2O2/c1-11(14(18)17-15(2,3)4)19-13-7-5-12(6-8-13)9-10-16/h5-8,11H,9H2,1-4H3,(H,17,18). The van der Waals surface area contributed by atoms with Crippen LogP contribution in [0.2, 0.25) is 0 Å². The Morgan fingerprint density at radius 1 is 1.37 bits per heavy atom. The van der Waals surface area contributed by atoms with Crippen LogP contribution in [0.3, 0.4) is 0 Å². The lowest BCUT2D eigenvalue weighted by Crippen LogP contribution is -2.46. The number of hydrogen-bond acceptors (Lipinski definition) is 3. The van der Waals surface area contributed by atoms with Crippen molar-refractivity contribution in [3.8, 4) is 11.8 Å². The molecule has 0 aromatic heterocycles. The van der Waals surface area contributed by atoms with Crippen molar-refractivity contribution in [3.05, 3.63) is 29.8 Å². The third kappa shape index (κ3) is 5.43. The molecule has 0 aliphatic heterocycles. The molecule has 4 heteroatoms. The van der Waals surface area contributed by atoms with Crippen LogP contribution in [0.4, 0.5) is 0 Å². The minimum Gasteiger partial charge on any atom is -0.481 e. The highest BCUT2D eigenvalue weighted by Crippen LogP contribution is 2.14. The Labute approximate surface area is 114 Å². The molecular weight excluding hydrogens is 240 g/mol. The molecular formula is C15H20N2O2. The lowest BCUT2D eigenvalue weighted by molar-refractivity contribution is -0.128. The zero-order valence-corrected chi connectivity index (χ0v) is 11.9. The fourth-order valence-corrected chi connectivity index (χ4v) is 1.51. The van der Waals surface area contributed by atoms with Crippen LogP contribution in [-0.2, 0) is 11.2 Å². The number of nitrogens with zero attached hydrogens (tertiary/aromatic N) is 1. The molecule has 1 aromatic rings. The quantitative estimate of drug-likeness (QED) is 0.904. The summed E-state index contributed by atoms with van der Waals surface area (Å²) in [5.74, 6) is 0.479. The molecule has 0 heterocycles. The average Bonchev–Trinajstić information content (AvgIpc) is 2.29. The maximum Gasteiger partial charge on any atom is 0.261 e. The van der Waals surface area contributed by atoms with E-state index in [1.165, 1.54) is 0 Å². The number of hydrogen-bond donors (Lipinski definition) is 1. The molecule has 1 atom stereocenters. The van der Waals surface area contributed by atoms with E-state index in [4.69, 9.17) is 10.00 Å². The summed E-state index contributed by atoms with van der Waals surface area (Å²) in [6, 6.07) is 9.28. The number of amides is 1. The van der Waals surface area contributed by atoms with E-state index >= 15 is 0 Å². The first kappa shape index (κ1) is 15.0. The van der Waals surface area contributed by atoms with Crippen molar-refractivity contribution in [3.63, 3.8) is 0 Å². The second-order valence-electron chi connectivity index (χ2n) is 5.48. The summed E-state index contributed by atoms with van der Waals surface area (Å²) in [7, 11) is 0. The van der Waals surface area contributed by atoms with Gasteiger partial charge in [-0.1, -0.05) is 12.1 Å². The Morgan fingerprint density at radius 2 is 1.95 bits per heavy atom.